The van der Waals surface area contributed by atoms with Gasteiger partial charge in [-0.2, -0.15) is 8.78 Å². The number of rotatable bonds is 5. The van der Waals surface area contributed by atoms with Crippen LogP contribution in [0.25, 0.3) is 11.4 Å². The fourth-order valence-electron chi connectivity index (χ4n) is 3.43. The van der Waals surface area contributed by atoms with Gasteiger partial charge in [-0.15, -0.1) is 0 Å². The zero-order chi connectivity index (χ0) is 20.4. The molecule has 2 heterocycles. The predicted octanol–water partition coefficient (Wildman–Crippen LogP) is 3.18. The molecule has 1 aliphatic heterocycles. The topological polar surface area (TPSA) is 84.2 Å². The minimum atomic E-state index is -2.84. The average Bonchev–Trinajstić information content (AvgIpc) is 2.70. The third kappa shape index (κ3) is 4.43. The molecule has 0 saturated heterocycles. The molecule has 8 heteroatoms. The van der Waals surface area contributed by atoms with Crippen LogP contribution in [0.15, 0.2) is 53.3 Å². The minimum Gasteiger partial charge on any atom is -0.435 e. The molecule has 0 bridgehead atoms. The minimum absolute atomic E-state index is 0.128. The van der Waals surface area contributed by atoms with Crippen LogP contribution in [-0.4, -0.2) is 28.0 Å². The van der Waals surface area contributed by atoms with E-state index >= 15 is 0 Å². The summed E-state index contributed by atoms with van der Waals surface area (Å²) in [4.78, 5) is 22.3. The molecule has 1 aliphatic rings. The Labute approximate surface area is 166 Å². The zero-order valence-electron chi connectivity index (χ0n) is 15.6. The number of anilines is 1. The molecule has 29 heavy (non-hydrogen) atoms. The summed E-state index contributed by atoms with van der Waals surface area (Å²) in [5, 5.41) is 0. The van der Waals surface area contributed by atoms with Crippen molar-refractivity contribution in [2.75, 3.05) is 12.3 Å². The van der Waals surface area contributed by atoms with Crippen molar-refractivity contribution in [1.82, 2.24) is 14.9 Å². The first kappa shape index (κ1) is 19.1. The van der Waals surface area contributed by atoms with Gasteiger partial charge in [0, 0.05) is 37.3 Å². The van der Waals surface area contributed by atoms with Crippen LogP contribution in [0.1, 0.15) is 16.8 Å². The summed E-state index contributed by atoms with van der Waals surface area (Å²) < 4.78 is 28.9. The second kappa shape index (κ2) is 8.00. The lowest BCUT2D eigenvalue weighted by atomic mass is 10.1. The number of benzene rings is 2. The van der Waals surface area contributed by atoms with E-state index in [0.717, 1.165) is 23.4 Å². The van der Waals surface area contributed by atoms with Gasteiger partial charge in [-0.1, -0.05) is 12.1 Å². The quantitative estimate of drug-likeness (QED) is 0.645. The number of nitrogens with two attached hydrogens (primary N) is 1. The molecule has 150 valence electrons. The molecule has 0 amide bonds. The second-order valence-electron chi connectivity index (χ2n) is 6.94. The molecule has 3 aromatic rings. The van der Waals surface area contributed by atoms with Gasteiger partial charge in [0.05, 0.1) is 11.3 Å². The van der Waals surface area contributed by atoms with E-state index in [0.29, 0.717) is 36.6 Å². The van der Waals surface area contributed by atoms with Crippen LogP contribution < -0.4 is 16.0 Å². The lowest BCUT2D eigenvalue weighted by molar-refractivity contribution is -0.0498. The van der Waals surface area contributed by atoms with Crippen molar-refractivity contribution in [3.05, 3.63) is 75.7 Å². The van der Waals surface area contributed by atoms with Crippen LogP contribution in [0.4, 0.5) is 14.5 Å². The highest BCUT2D eigenvalue weighted by molar-refractivity contribution is 5.58. The molecule has 0 spiro atoms. The number of halogens is 2. The number of hydrogen-bond acceptors (Lipinski definition) is 5. The molecule has 0 fully saturated rings. The van der Waals surface area contributed by atoms with Crippen LogP contribution in [0.3, 0.4) is 0 Å². The van der Waals surface area contributed by atoms with Crippen LogP contribution >= 0.6 is 0 Å². The molecular weight excluding hydrogens is 378 g/mol. The summed E-state index contributed by atoms with van der Waals surface area (Å²) in [6, 6.07) is 13.7. The first-order valence-corrected chi connectivity index (χ1v) is 9.22. The normalized spacial score (nSPS) is 14.0. The number of aromatic amines is 1. The fraction of sp³-hybridized carbons (Fsp3) is 0.238. The van der Waals surface area contributed by atoms with Gasteiger partial charge in [0.15, 0.2) is 0 Å². The van der Waals surface area contributed by atoms with Crippen molar-refractivity contribution in [3.8, 4) is 17.1 Å². The first-order chi connectivity index (χ1) is 14.0. The number of H-pyrrole nitrogens is 1. The average molecular weight is 398 g/mol. The Morgan fingerprint density at radius 2 is 1.86 bits per heavy atom. The molecule has 4 rings (SSSR count). The Bertz CT molecular complexity index is 1050. The summed E-state index contributed by atoms with van der Waals surface area (Å²) in [5.74, 6) is 0.667. The molecule has 0 atom stereocenters. The molecule has 3 N–H and O–H groups in total. The van der Waals surface area contributed by atoms with Crippen molar-refractivity contribution in [1.29, 1.82) is 0 Å². The van der Waals surface area contributed by atoms with Crippen molar-refractivity contribution >= 4 is 5.69 Å². The summed E-state index contributed by atoms with van der Waals surface area (Å²) in [7, 11) is 0. The van der Waals surface area contributed by atoms with E-state index < -0.39 is 6.61 Å². The maximum absolute atomic E-state index is 12.6. The number of hydrogen-bond donors (Lipinski definition) is 2. The number of ether oxygens (including phenoxy) is 1. The number of alkyl halides is 2. The van der Waals surface area contributed by atoms with Gasteiger partial charge in [-0.3, -0.25) is 9.69 Å². The maximum atomic E-state index is 12.6. The van der Waals surface area contributed by atoms with E-state index in [1.165, 1.54) is 12.1 Å². The van der Waals surface area contributed by atoms with E-state index in [-0.39, 0.29) is 11.3 Å². The van der Waals surface area contributed by atoms with E-state index in [9.17, 15) is 13.6 Å². The van der Waals surface area contributed by atoms with Crippen LogP contribution in [0.5, 0.6) is 5.75 Å². The number of fused-ring (bicyclic) bond motifs is 1. The smallest absolute Gasteiger partial charge is 0.387 e. The lowest BCUT2D eigenvalue weighted by Crippen LogP contribution is -2.35. The van der Waals surface area contributed by atoms with Gasteiger partial charge >= 0.3 is 6.61 Å². The highest BCUT2D eigenvalue weighted by atomic mass is 19.3. The standard InChI is InChI=1S/C21H20F2N4O2/c22-21(23)29-16-7-1-13(2-8-16)11-27-10-9-18-17(12-27)20(28)26-19(25-18)14-3-5-15(24)6-4-14/h1-8,21H,9-12,24H2,(H,25,26,28). The van der Waals surface area contributed by atoms with Crippen LogP contribution in [0.2, 0.25) is 0 Å². The second-order valence-corrected chi connectivity index (χ2v) is 6.94. The Morgan fingerprint density at radius 1 is 1.14 bits per heavy atom. The van der Waals surface area contributed by atoms with Gasteiger partial charge < -0.3 is 15.5 Å². The fourth-order valence-corrected chi connectivity index (χ4v) is 3.43. The van der Waals surface area contributed by atoms with Gasteiger partial charge in [-0.25, -0.2) is 4.98 Å². The number of nitrogens with one attached hydrogen (secondary N) is 1. The van der Waals surface area contributed by atoms with Gasteiger partial charge in [0.1, 0.15) is 11.6 Å². The SMILES string of the molecule is Nc1ccc(-c2nc3c(c(=O)[nH]2)CN(Cc2ccc(OC(F)F)cc2)CC3)cc1. The largest absolute Gasteiger partial charge is 0.435 e. The number of nitrogens with zero attached hydrogens (tertiary/aromatic N) is 2. The van der Waals surface area contributed by atoms with Gasteiger partial charge in [0.2, 0.25) is 0 Å². The Kier molecular flexibility index (Phi) is 5.26. The monoisotopic (exact) mass is 398 g/mol. The van der Waals surface area contributed by atoms with E-state index in [2.05, 4.69) is 19.6 Å². The Hall–Kier alpha value is -3.26. The number of nitrogen functional groups attached to an aromatic ring is 1. The number of aromatic nitrogens is 2. The molecule has 0 radical (unpaired) electrons. The van der Waals surface area contributed by atoms with Gasteiger partial charge in [0.25, 0.3) is 5.56 Å². The Balaban J connectivity index is 1.48. The molecule has 0 aliphatic carbocycles. The third-order valence-corrected chi connectivity index (χ3v) is 4.89. The van der Waals surface area contributed by atoms with E-state index in [1.54, 1.807) is 24.3 Å². The molecule has 0 unspecified atom stereocenters. The van der Waals surface area contributed by atoms with Gasteiger partial charge in [-0.05, 0) is 42.0 Å². The summed E-state index contributed by atoms with van der Waals surface area (Å²) in [6.45, 7) is -1.00. The summed E-state index contributed by atoms with van der Waals surface area (Å²) in [6.07, 6.45) is 0.661. The first-order valence-electron chi connectivity index (χ1n) is 9.22. The van der Waals surface area contributed by atoms with Crippen LogP contribution in [-0.2, 0) is 19.5 Å². The lowest BCUT2D eigenvalue weighted by Gasteiger charge is -2.27. The highest BCUT2D eigenvalue weighted by Crippen LogP contribution is 2.22. The maximum Gasteiger partial charge on any atom is 0.387 e. The predicted molar refractivity (Wildman–Crippen MR) is 106 cm³/mol. The molecule has 0 saturated carbocycles. The zero-order valence-corrected chi connectivity index (χ0v) is 15.6. The van der Waals surface area contributed by atoms with Crippen molar-refractivity contribution in [2.24, 2.45) is 0 Å². The Morgan fingerprint density at radius 3 is 2.55 bits per heavy atom. The van der Waals surface area contributed by atoms with E-state index in [4.69, 9.17) is 5.73 Å². The van der Waals surface area contributed by atoms with Crippen molar-refractivity contribution in [2.45, 2.75) is 26.1 Å². The third-order valence-electron chi connectivity index (χ3n) is 4.89. The van der Waals surface area contributed by atoms with E-state index in [1.807, 2.05) is 12.1 Å². The van der Waals surface area contributed by atoms with Crippen molar-refractivity contribution in [3.63, 3.8) is 0 Å². The summed E-state index contributed by atoms with van der Waals surface area (Å²) in [5.41, 5.74) is 9.45. The molecular formula is C21H20F2N4O2. The van der Waals surface area contributed by atoms with Crippen LogP contribution in [0, 0.1) is 0 Å². The molecule has 6 nitrogen and oxygen atoms in total. The highest BCUT2D eigenvalue weighted by Gasteiger charge is 2.21. The summed E-state index contributed by atoms with van der Waals surface area (Å²) >= 11 is 0. The molecule has 2 aromatic carbocycles. The molecule has 1 aromatic heterocycles. The van der Waals surface area contributed by atoms with Crippen molar-refractivity contribution < 1.29 is 13.5 Å².